The zero-order valence-corrected chi connectivity index (χ0v) is 35.1. The van der Waals surface area contributed by atoms with E-state index in [0.29, 0.717) is 13.2 Å². The Balaban J connectivity index is -0.0000000373. The average Bonchev–Trinajstić information content (AvgIpc) is 3.13. The third-order valence-electron chi connectivity index (χ3n) is 5.59. The van der Waals surface area contributed by atoms with Crippen LogP contribution in [0.15, 0.2) is 0 Å². The highest BCUT2D eigenvalue weighted by atomic mass is 16.5. The van der Waals surface area contributed by atoms with Gasteiger partial charge in [-0.15, -0.1) is 38.5 Å². The number of terminal acetylenes is 6. The Kier molecular flexibility index (Phi) is 123. The highest BCUT2D eigenvalue weighted by Crippen LogP contribution is 2.07. The first kappa shape index (κ1) is 91.0. The lowest BCUT2D eigenvalue weighted by molar-refractivity contribution is 0.0255. The van der Waals surface area contributed by atoms with E-state index in [9.17, 15) is 0 Å². The van der Waals surface area contributed by atoms with Crippen LogP contribution >= 0.6 is 0 Å². The number of unbranched alkanes of at least 4 members (excludes halogenated alkanes) is 3. The molecule has 0 aromatic heterocycles. The molecule has 6 heteroatoms. The molecule has 0 amide bonds. The Bertz CT molecular complexity index is 928. The molecule has 0 heterocycles. The van der Waals surface area contributed by atoms with Gasteiger partial charge in [0, 0.05) is 39.6 Å². The summed E-state index contributed by atoms with van der Waals surface area (Å²) in [5.74, 6) is 14.9. The van der Waals surface area contributed by atoms with E-state index in [4.69, 9.17) is 67.0 Å². The SMILES string of the molecule is C.C.C.C.C.C.C.C#CC(C)(C)OCCC.C#CC(C)(C)OCCCC.C#CC(C)OCCC.C#CC(C)OCCCC.C#CCOCCC.C#CCOCCCC. The predicted molar refractivity (Wildman–Crippen MR) is 268 cm³/mol. The molecule has 0 aromatic carbocycles. The van der Waals surface area contributed by atoms with Crippen LogP contribution in [0.4, 0.5) is 0 Å². The Morgan fingerprint density at radius 3 is 1.03 bits per heavy atom. The second-order valence-corrected chi connectivity index (χ2v) is 11.9. The molecule has 0 radical (unpaired) electrons. The van der Waals surface area contributed by atoms with E-state index in [-0.39, 0.29) is 75.4 Å². The lowest BCUT2D eigenvalue weighted by Gasteiger charge is -2.17. The molecule has 0 aliphatic carbocycles. The van der Waals surface area contributed by atoms with E-state index >= 15 is 0 Å². The van der Waals surface area contributed by atoms with Crippen LogP contribution in [0.2, 0.25) is 0 Å². The van der Waals surface area contributed by atoms with Gasteiger partial charge in [-0.2, -0.15) is 0 Å². The van der Waals surface area contributed by atoms with E-state index in [2.05, 4.69) is 77.1 Å². The van der Waals surface area contributed by atoms with Crippen LogP contribution in [0.3, 0.4) is 0 Å². The minimum absolute atomic E-state index is 0. The molecule has 6 nitrogen and oxygen atoms in total. The minimum Gasteiger partial charge on any atom is -0.369 e. The normalized spacial score (nSPS) is 9.41. The molecular weight excluding hydrogens is 721 g/mol. The summed E-state index contributed by atoms with van der Waals surface area (Å²) in [6, 6.07) is 0. The van der Waals surface area contributed by atoms with Crippen LogP contribution in [0, 0.1) is 74.1 Å². The summed E-state index contributed by atoms with van der Waals surface area (Å²) in [6.45, 7) is 29.5. The van der Waals surface area contributed by atoms with Crippen molar-refractivity contribution in [3.63, 3.8) is 0 Å². The summed E-state index contributed by atoms with van der Waals surface area (Å²) in [6.07, 6.45) is 40.2. The van der Waals surface area contributed by atoms with Crippen LogP contribution in [-0.2, 0) is 28.4 Å². The van der Waals surface area contributed by atoms with Gasteiger partial charge in [-0.05, 0) is 80.1 Å². The highest BCUT2D eigenvalue weighted by molar-refractivity contribution is 5.03. The smallest absolute Gasteiger partial charge is 0.122 e. The summed E-state index contributed by atoms with van der Waals surface area (Å²) in [5, 5.41) is 0. The molecule has 0 spiro atoms. The van der Waals surface area contributed by atoms with Gasteiger partial charge in [-0.25, -0.2) is 0 Å². The molecule has 0 aliphatic rings. The molecule has 0 saturated heterocycles. The zero-order valence-electron chi connectivity index (χ0n) is 35.1. The Hall–Kier alpha value is -2.88. The lowest BCUT2D eigenvalue weighted by Crippen LogP contribution is -2.22. The molecule has 0 bridgehead atoms. The Morgan fingerprint density at radius 2 is 0.724 bits per heavy atom. The molecule has 0 fully saturated rings. The fourth-order valence-electron chi connectivity index (χ4n) is 2.36. The molecule has 0 N–H and O–H groups in total. The van der Waals surface area contributed by atoms with Gasteiger partial charge in [0.1, 0.15) is 36.6 Å². The van der Waals surface area contributed by atoms with Gasteiger partial charge < -0.3 is 28.4 Å². The van der Waals surface area contributed by atoms with Crippen LogP contribution in [0.1, 0.15) is 193 Å². The molecule has 0 saturated carbocycles. The van der Waals surface area contributed by atoms with E-state index in [0.717, 1.165) is 91.0 Å². The molecule has 350 valence electrons. The first-order chi connectivity index (χ1) is 24.2. The summed E-state index contributed by atoms with van der Waals surface area (Å²) in [7, 11) is 0. The van der Waals surface area contributed by atoms with Crippen molar-refractivity contribution < 1.29 is 28.4 Å². The number of hydrogen-bond acceptors (Lipinski definition) is 6. The van der Waals surface area contributed by atoms with Crippen molar-refractivity contribution in [3.8, 4) is 74.1 Å². The third-order valence-corrected chi connectivity index (χ3v) is 5.59. The molecule has 0 rings (SSSR count). The first-order valence-corrected chi connectivity index (χ1v) is 18.6. The molecule has 0 aromatic rings. The molecule has 0 aliphatic heterocycles. The van der Waals surface area contributed by atoms with Crippen molar-refractivity contribution in [1.29, 1.82) is 0 Å². The fraction of sp³-hybridized carbons (Fsp3) is 0.769. The number of rotatable bonds is 21. The summed E-state index contributed by atoms with van der Waals surface area (Å²) >= 11 is 0. The zero-order chi connectivity index (χ0) is 40.7. The van der Waals surface area contributed by atoms with Crippen LogP contribution in [0.25, 0.3) is 0 Å². The van der Waals surface area contributed by atoms with Gasteiger partial charge >= 0.3 is 0 Å². The average molecular weight is 827 g/mol. The van der Waals surface area contributed by atoms with Crippen molar-refractivity contribution in [1.82, 2.24) is 0 Å². The van der Waals surface area contributed by atoms with Crippen LogP contribution < -0.4 is 0 Å². The van der Waals surface area contributed by atoms with Crippen molar-refractivity contribution in [2.45, 2.75) is 216 Å². The number of hydrogen-bond donors (Lipinski definition) is 0. The molecule has 58 heavy (non-hydrogen) atoms. The second kappa shape index (κ2) is 78.5. The lowest BCUT2D eigenvalue weighted by atomic mass is 10.1. The second-order valence-electron chi connectivity index (χ2n) is 11.9. The van der Waals surface area contributed by atoms with Gasteiger partial charge in [0.15, 0.2) is 0 Å². The quantitative estimate of drug-likeness (QED) is 0.0849. The summed E-state index contributed by atoms with van der Waals surface area (Å²) in [4.78, 5) is 0. The highest BCUT2D eigenvalue weighted by Gasteiger charge is 2.12. The largest absolute Gasteiger partial charge is 0.369 e. The summed E-state index contributed by atoms with van der Waals surface area (Å²) < 4.78 is 30.9. The van der Waals surface area contributed by atoms with E-state index in [1.807, 2.05) is 41.5 Å². The fourth-order valence-corrected chi connectivity index (χ4v) is 2.36. The Labute approximate surface area is 370 Å². The van der Waals surface area contributed by atoms with Crippen molar-refractivity contribution in [2.24, 2.45) is 0 Å². The van der Waals surface area contributed by atoms with Gasteiger partial charge in [0.25, 0.3) is 0 Å². The first-order valence-electron chi connectivity index (χ1n) is 18.6. The van der Waals surface area contributed by atoms with Crippen molar-refractivity contribution in [3.05, 3.63) is 0 Å². The van der Waals surface area contributed by atoms with Crippen molar-refractivity contribution >= 4 is 0 Å². The molecule has 2 atom stereocenters. The standard InChI is InChI=1S/C9H16O.2C8H14O.2C7H12O.C6H10O.7CH4/c1-5-7-8-10-9(3,4)6-2;1-5-7-9-8(3,4)6-2;1-4-6-7-9-8(3)5-2;1-4-6-8-7(3)5-2;1-3-5-7-8-6-4-2;1-3-5-7-6-4-2;;;;;;;/h2H,5,7-8H2,1,3-4H3;2H,5,7H2,1,3-4H3;2,8H,4,6-7H2,1,3H3;2,7H,4,6H2,1,3H3;2H,3,5-7H2,1H3;1H,4-6H2,2H3;7*1H4. The monoisotopic (exact) mass is 827 g/mol. The van der Waals surface area contributed by atoms with Gasteiger partial charge in [-0.1, -0.05) is 148 Å². The van der Waals surface area contributed by atoms with Gasteiger partial charge in [0.05, 0.1) is 0 Å². The van der Waals surface area contributed by atoms with E-state index in [1.165, 1.54) is 6.42 Å². The summed E-state index contributed by atoms with van der Waals surface area (Å²) in [5.41, 5.74) is -0.759. The topological polar surface area (TPSA) is 55.4 Å². The Morgan fingerprint density at radius 1 is 0.414 bits per heavy atom. The maximum absolute atomic E-state index is 5.38. The van der Waals surface area contributed by atoms with Gasteiger partial charge in [0.2, 0.25) is 0 Å². The molecule has 2 unspecified atom stereocenters. The third kappa shape index (κ3) is 111. The van der Waals surface area contributed by atoms with Crippen molar-refractivity contribution in [2.75, 3.05) is 52.9 Å². The predicted octanol–water partition coefficient (Wildman–Crippen LogP) is 14.2. The maximum Gasteiger partial charge on any atom is 0.122 e. The maximum atomic E-state index is 5.38. The minimum atomic E-state index is -0.380. The van der Waals surface area contributed by atoms with Crippen LogP contribution in [0.5, 0.6) is 0 Å². The van der Waals surface area contributed by atoms with Gasteiger partial charge in [-0.3, -0.25) is 0 Å². The van der Waals surface area contributed by atoms with E-state index < -0.39 is 0 Å². The van der Waals surface area contributed by atoms with E-state index in [1.54, 1.807) is 0 Å². The van der Waals surface area contributed by atoms with Crippen LogP contribution in [-0.4, -0.2) is 76.3 Å². The number of ether oxygens (including phenoxy) is 6. The molecular formula is C52H106O6.